The van der Waals surface area contributed by atoms with Crippen molar-refractivity contribution in [1.29, 1.82) is 0 Å². The molecule has 2 rings (SSSR count). The largest absolute Gasteiger partial charge is 0.478 e. The third-order valence-electron chi connectivity index (χ3n) is 2.83. The van der Waals surface area contributed by atoms with E-state index in [0.29, 0.717) is 5.69 Å². The van der Waals surface area contributed by atoms with Crippen LogP contribution in [0.5, 0.6) is 0 Å². The number of nitrogens with zero attached hydrogens (tertiary/aromatic N) is 2. The van der Waals surface area contributed by atoms with Crippen LogP contribution in [0.3, 0.4) is 0 Å². The molecular weight excluding hydrogens is 319 g/mol. The van der Waals surface area contributed by atoms with Crippen LogP contribution in [0.4, 0.5) is 9.39 Å². The van der Waals surface area contributed by atoms with Gasteiger partial charge in [-0.1, -0.05) is 11.6 Å². The SMILES string of the molecule is Cc1nsc(N(C)C(=O)c2cc(Cl)ccc2F)c1C(=O)O. The lowest BCUT2D eigenvalue weighted by Gasteiger charge is -2.16. The average Bonchev–Trinajstić information content (AvgIpc) is 2.81. The normalized spacial score (nSPS) is 10.5. The predicted molar refractivity (Wildman–Crippen MR) is 78.0 cm³/mol. The summed E-state index contributed by atoms with van der Waals surface area (Å²) in [6.45, 7) is 1.53. The van der Waals surface area contributed by atoms with Crippen LogP contribution in [-0.4, -0.2) is 28.4 Å². The molecule has 0 atom stereocenters. The van der Waals surface area contributed by atoms with Crippen molar-refractivity contribution >= 4 is 40.0 Å². The first-order valence-corrected chi connectivity index (χ1v) is 6.90. The smallest absolute Gasteiger partial charge is 0.340 e. The molecule has 5 nitrogen and oxygen atoms in total. The van der Waals surface area contributed by atoms with Crippen LogP contribution in [0.25, 0.3) is 0 Å². The number of carbonyl (C=O) groups is 2. The molecule has 8 heteroatoms. The van der Waals surface area contributed by atoms with E-state index in [1.165, 1.54) is 26.1 Å². The molecule has 0 aliphatic carbocycles. The van der Waals surface area contributed by atoms with Crippen molar-refractivity contribution in [3.63, 3.8) is 0 Å². The monoisotopic (exact) mass is 328 g/mol. The summed E-state index contributed by atoms with van der Waals surface area (Å²) in [4.78, 5) is 24.6. The molecule has 1 aromatic carbocycles. The first kappa shape index (κ1) is 15.4. The molecule has 0 saturated heterocycles. The molecule has 0 saturated carbocycles. The molecule has 0 radical (unpaired) electrons. The third kappa shape index (κ3) is 2.88. The highest BCUT2D eigenvalue weighted by molar-refractivity contribution is 7.11. The molecule has 1 aromatic heterocycles. The van der Waals surface area contributed by atoms with E-state index in [1.807, 2.05) is 0 Å². The molecule has 2 aromatic rings. The van der Waals surface area contributed by atoms with Gasteiger partial charge in [-0.3, -0.25) is 4.79 Å². The number of aromatic carboxylic acids is 1. The summed E-state index contributed by atoms with van der Waals surface area (Å²) in [5, 5.41) is 9.53. The van der Waals surface area contributed by atoms with Crippen molar-refractivity contribution < 1.29 is 19.1 Å². The number of rotatable bonds is 3. The van der Waals surface area contributed by atoms with Crippen LogP contribution < -0.4 is 4.90 Å². The number of carboxylic acids is 1. The van der Waals surface area contributed by atoms with Gasteiger partial charge in [0, 0.05) is 12.1 Å². The quantitative estimate of drug-likeness (QED) is 0.939. The second-order valence-corrected chi connectivity index (χ2v) is 5.43. The third-order valence-corrected chi connectivity index (χ3v) is 4.08. The minimum absolute atomic E-state index is 0.0710. The summed E-state index contributed by atoms with van der Waals surface area (Å²) in [5.74, 6) is -2.61. The van der Waals surface area contributed by atoms with Crippen LogP contribution in [-0.2, 0) is 0 Å². The maximum absolute atomic E-state index is 13.7. The van der Waals surface area contributed by atoms with Crippen LogP contribution in [0.2, 0.25) is 5.02 Å². The number of carboxylic acid groups (broad SMARTS) is 1. The van der Waals surface area contributed by atoms with Crippen LogP contribution in [0.1, 0.15) is 26.4 Å². The molecule has 1 heterocycles. The molecule has 0 bridgehead atoms. The molecule has 1 amide bonds. The Bertz CT molecular complexity index is 732. The summed E-state index contributed by atoms with van der Waals surface area (Å²) in [5.41, 5.74) is -0.000561. The number of hydrogen-bond acceptors (Lipinski definition) is 4. The molecule has 1 N–H and O–H groups in total. The molecular formula is C13H10ClFN2O3S. The molecule has 0 spiro atoms. The molecule has 0 aliphatic rings. The van der Waals surface area contributed by atoms with E-state index in [1.54, 1.807) is 0 Å². The van der Waals surface area contributed by atoms with Gasteiger partial charge >= 0.3 is 5.97 Å². The van der Waals surface area contributed by atoms with E-state index >= 15 is 0 Å². The highest BCUT2D eigenvalue weighted by atomic mass is 35.5. The van der Waals surface area contributed by atoms with E-state index in [-0.39, 0.29) is 21.2 Å². The zero-order valence-corrected chi connectivity index (χ0v) is 12.6. The Hall–Kier alpha value is -1.99. The summed E-state index contributed by atoms with van der Waals surface area (Å²) in [6.07, 6.45) is 0. The Balaban J connectivity index is 2.45. The van der Waals surface area contributed by atoms with Crippen molar-refractivity contribution in [2.24, 2.45) is 0 Å². The molecule has 21 heavy (non-hydrogen) atoms. The fourth-order valence-electron chi connectivity index (χ4n) is 1.77. The summed E-state index contributed by atoms with van der Waals surface area (Å²) in [6, 6.07) is 3.61. The molecule has 0 aliphatic heterocycles. The molecule has 110 valence electrons. The highest BCUT2D eigenvalue weighted by Crippen LogP contribution is 2.29. The Morgan fingerprint density at radius 1 is 1.43 bits per heavy atom. The number of amides is 1. The Morgan fingerprint density at radius 2 is 2.10 bits per heavy atom. The van der Waals surface area contributed by atoms with E-state index in [2.05, 4.69) is 4.37 Å². The molecule has 0 fully saturated rings. The van der Waals surface area contributed by atoms with Crippen molar-refractivity contribution in [2.45, 2.75) is 6.92 Å². The van der Waals surface area contributed by atoms with Crippen molar-refractivity contribution in [3.05, 3.63) is 45.9 Å². The number of aromatic nitrogens is 1. The van der Waals surface area contributed by atoms with Gasteiger partial charge in [0.15, 0.2) is 0 Å². The second-order valence-electron chi connectivity index (χ2n) is 4.24. The minimum Gasteiger partial charge on any atom is -0.478 e. The van der Waals surface area contributed by atoms with Gasteiger partial charge in [0.1, 0.15) is 16.4 Å². The van der Waals surface area contributed by atoms with E-state index in [4.69, 9.17) is 16.7 Å². The van der Waals surface area contributed by atoms with Crippen LogP contribution in [0, 0.1) is 12.7 Å². The summed E-state index contributed by atoms with van der Waals surface area (Å²) < 4.78 is 17.6. The minimum atomic E-state index is -1.19. The van der Waals surface area contributed by atoms with Crippen molar-refractivity contribution in [3.8, 4) is 0 Å². The van der Waals surface area contributed by atoms with Gasteiger partial charge in [0.05, 0.1) is 11.3 Å². The van der Waals surface area contributed by atoms with E-state index < -0.39 is 17.7 Å². The maximum Gasteiger partial charge on any atom is 0.340 e. The van der Waals surface area contributed by atoms with Gasteiger partial charge in [-0.25, -0.2) is 9.18 Å². The summed E-state index contributed by atoms with van der Waals surface area (Å²) >= 11 is 6.62. The number of hydrogen-bond donors (Lipinski definition) is 1. The number of benzene rings is 1. The number of carbonyl (C=O) groups excluding carboxylic acids is 1. The summed E-state index contributed by atoms with van der Waals surface area (Å²) in [7, 11) is 1.36. The fraction of sp³-hybridized carbons (Fsp3) is 0.154. The van der Waals surface area contributed by atoms with Crippen molar-refractivity contribution in [1.82, 2.24) is 4.37 Å². The number of aryl methyl sites for hydroxylation is 1. The Morgan fingerprint density at radius 3 is 2.71 bits per heavy atom. The van der Waals surface area contributed by atoms with E-state index in [9.17, 15) is 14.0 Å². The lowest BCUT2D eigenvalue weighted by molar-refractivity contribution is 0.0697. The second kappa shape index (κ2) is 5.79. The van der Waals surface area contributed by atoms with Crippen molar-refractivity contribution in [2.75, 3.05) is 11.9 Å². The van der Waals surface area contributed by atoms with Gasteiger partial charge in [0.2, 0.25) is 0 Å². The first-order valence-electron chi connectivity index (χ1n) is 5.75. The standard InChI is InChI=1S/C13H10ClFN2O3S/c1-6-10(13(19)20)12(21-16-6)17(2)11(18)8-5-7(14)3-4-9(8)15/h3-5H,1-2H3,(H,19,20). The van der Waals surface area contributed by atoms with Gasteiger partial charge < -0.3 is 10.0 Å². The van der Waals surface area contributed by atoms with Gasteiger partial charge in [-0.05, 0) is 36.7 Å². The zero-order valence-electron chi connectivity index (χ0n) is 11.1. The molecule has 0 unspecified atom stereocenters. The van der Waals surface area contributed by atoms with Gasteiger partial charge in [-0.2, -0.15) is 4.37 Å². The average molecular weight is 329 g/mol. The maximum atomic E-state index is 13.7. The Labute approximate surface area is 128 Å². The van der Waals surface area contributed by atoms with Crippen LogP contribution >= 0.6 is 23.1 Å². The highest BCUT2D eigenvalue weighted by Gasteiger charge is 2.26. The van der Waals surface area contributed by atoms with Gasteiger partial charge in [0.25, 0.3) is 5.91 Å². The lowest BCUT2D eigenvalue weighted by Crippen LogP contribution is -2.27. The Kier molecular flexibility index (Phi) is 4.24. The van der Waals surface area contributed by atoms with E-state index in [0.717, 1.165) is 22.5 Å². The topological polar surface area (TPSA) is 70.5 Å². The first-order chi connectivity index (χ1) is 9.82. The fourth-order valence-corrected chi connectivity index (χ4v) is 2.79. The number of halogens is 2. The number of anilines is 1. The van der Waals surface area contributed by atoms with Gasteiger partial charge in [-0.15, -0.1) is 0 Å². The lowest BCUT2D eigenvalue weighted by atomic mass is 10.1. The zero-order chi connectivity index (χ0) is 15.7. The van der Waals surface area contributed by atoms with Crippen LogP contribution in [0.15, 0.2) is 18.2 Å². The predicted octanol–water partition coefficient (Wildman–Crippen LogP) is 3.22.